The zero-order valence-corrected chi connectivity index (χ0v) is 7.32. The Morgan fingerprint density at radius 3 is 2.92 bits per heavy atom. The van der Waals surface area contributed by atoms with Crippen LogP contribution in [0.2, 0.25) is 0 Å². The number of fused-ring (bicyclic) bond motifs is 1. The van der Waals surface area contributed by atoms with Crippen LogP contribution in [-0.2, 0) is 0 Å². The van der Waals surface area contributed by atoms with Gasteiger partial charge in [0.2, 0.25) is 0 Å². The summed E-state index contributed by atoms with van der Waals surface area (Å²) in [6.07, 6.45) is 3.54. The second-order valence-corrected chi connectivity index (χ2v) is 2.90. The number of para-hydroxylation sites is 1. The van der Waals surface area contributed by atoms with E-state index in [9.17, 15) is 4.79 Å². The predicted octanol–water partition coefficient (Wildman–Crippen LogP) is 1.82. The van der Waals surface area contributed by atoms with Gasteiger partial charge in [-0.1, -0.05) is 18.2 Å². The molecule has 0 aromatic heterocycles. The van der Waals surface area contributed by atoms with Gasteiger partial charge in [0.25, 0.3) is 0 Å². The van der Waals surface area contributed by atoms with E-state index in [0.717, 1.165) is 11.3 Å². The highest BCUT2D eigenvalue weighted by Gasteiger charge is 2.13. The summed E-state index contributed by atoms with van der Waals surface area (Å²) < 4.78 is 0. The molecule has 3 nitrogen and oxygen atoms in total. The maximum atomic E-state index is 11.3. The highest BCUT2D eigenvalue weighted by atomic mass is 16.2. The number of hydrogen-bond acceptors (Lipinski definition) is 1. The first kappa shape index (κ1) is 7.86. The van der Waals surface area contributed by atoms with Crippen LogP contribution in [0.5, 0.6) is 0 Å². The number of benzene rings is 1. The van der Waals surface area contributed by atoms with E-state index >= 15 is 0 Å². The molecule has 1 heterocycles. The number of amides is 2. The van der Waals surface area contributed by atoms with Crippen molar-refractivity contribution < 1.29 is 4.79 Å². The van der Waals surface area contributed by atoms with E-state index < -0.39 is 0 Å². The lowest BCUT2D eigenvalue weighted by Gasteiger charge is -2.16. The zero-order chi connectivity index (χ0) is 9.26. The number of nitrogens with one attached hydrogen (secondary N) is 1. The van der Waals surface area contributed by atoms with Crippen molar-refractivity contribution in [2.75, 3.05) is 11.9 Å². The summed E-state index contributed by atoms with van der Waals surface area (Å²) in [6, 6.07) is 7.66. The molecule has 1 aliphatic heterocycles. The van der Waals surface area contributed by atoms with E-state index in [4.69, 9.17) is 0 Å². The molecule has 0 saturated heterocycles. The molecule has 0 atom stereocenters. The van der Waals surface area contributed by atoms with Crippen LogP contribution in [0.1, 0.15) is 5.56 Å². The van der Waals surface area contributed by atoms with Crippen molar-refractivity contribution in [3.63, 3.8) is 0 Å². The van der Waals surface area contributed by atoms with Crippen LogP contribution in [0.3, 0.4) is 0 Å². The molecule has 0 fully saturated rings. The van der Waals surface area contributed by atoms with E-state index in [1.165, 1.54) is 0 Å². The molecule has 1 aromatic carbocycles. The number of urea groups is 1. The van der Waals surface area contributed by atoms with Gasteiger partial charge in [-0.15, -0.1) is 0 Å². The molecule has 66 valence electrons. The lowest BCUT2D eigenvalue weighted by molar-refractivity contribution is 0.250. The Labute approximate surface area is 76.7 Å². The van der Waals surface area contributed by atoms with Gasteiger partial charge < -0.3 is 5.32 Å². The fourth-order valence-corrected chi connectivity index (χ4v) is 1.34. The Balaban J connectivity index is 2.54. The minimum absolute atomic E-state index is 0.110. The summed E-state index contributed by atoms with van der Waals surface area (Å²) in [6.45, 7) is 0. The standard InChI is InChI=1S/C10H10N2O/c1-12-9-5-3-2-4-8(9)6-7-11-10(12)13/h2-7H,1H3,(H,11,13). The molecule has 0 saturated carbocycles. The van der Waals surface area contributed by atoms with Crippen LogP contribution in [0.15, 0.2) is 30.5 Å². The van der Waals surface area contributed by atoms with Gasteiger partial charge in [0.1, 0.15) is 0 Å². The molecule has 13 heavy (non-hydrogen) atoms. The van der Waals surface area contributed by atoms with Crippen molar-refractivity contribution in [3.8, 4) is 0 Å². The molecule has 0 spiro atoms. The normalized spacial score (nSPS) is 14.8. The third-order valence-electron chi connectivity index (χ3n) is 2.07. The van der Waals surface area contributed by atoms with Crippen molar-refractivity contribution in [1.82, 2.24) is 5.32 Å². The number of carbonyl (C=O) groups excluding carboxylic acids is 1. The van der Waals surface area contributed by atoms with Crippen molar-refractivity contribution in [1.29, 1.82) is 0 Å². The lowest BCUT2D eigenvalue weighted by atomic mass is 10.1. The van der Waals surface area contributed by atoms with E-state index in [0.29, 0.717) is 0 Å². The van der Waals surface area contributed by atoms with Gasteiger partial charge >= 0.3 is 6.03 Å². The second kappa shape index (κ2) is 2.94. The lowest BCUT2D eigenvalue weighted by Crippen LogP contribution is -2.33. The second-order valence-electron chi connectivity index (χ2n) is 2.90. The summed E-state index contributed by atoms with van der Waals surface area (Å²) in [5.41, 5.74) is 1.97. The average Bonchev–Trinajstić information content (AvgIpc) is 2.29. The number of rotatable bonds is 0. The fraction of sp³-hybridized carbons (Fsp3) is 0.100. The minimum Gasteiger partial charge on any atom is -0.314 e. The smallest absolute Gasteiger partial charge is 0.314 e. The Kier molecular flexibility index (Phi) is 1.77. The van der Waals surface area contributed by atoms with Gasteiger partial charge in [0.15, 0.2) is 0 Å². The number of nitrogens with zero attached hydrogens (tertiary/aromatic N) is 1. The van der Waals surface area contributed by atoms with Gasteiger partial charge in [-0.2, -0.15) is 0 Å². The number of carbonyl (C=O) groups is 1. The van der Waals surface area contributed by atoms with Gasteiger partial charge in [-0.25, -0.2) is 4.79 Å². The Bertz CT molecular complexity index is 371. The van der Waals surface area contributed by atoms with Crippen LogP contribution in [0.4, 0.5) is 10.5 Å². The average molecular weight is 174 g/mol. The van der Waals surface area contributed by atoms with Crippen LogP contribution < -0.4 is 10.2 Å². The molecule has 0 unspecified atom stereocenters. The third kappa shape index (κ3) is 1.28. The van der Waals surface area contributed by atoms with Gasteiger partial charge in [0.05, 0.1) is 5.69 Å². The summed E-state index contributed by atoms with van der Waals surface area (Å²) in [7, 11) is 1.75. The quantitative estimate of drug-likeness (QED) is 0.639. The van der Waals surface area contributed by atoms with Crippen LogP contribution in [-0.4, -0.2) is 13.1 Å². The first-order valence-electron chi connectivity index (χ1n) is 4.09. The largest absolute Gasteiger partial charge is 0.325 e. The Hall–Kier alpha value is -1.77. The minimum atomic E-state index is -0.110. The predicted molar refractivity (Wildman–Crippen MR) is 52.4 cm³/mol. The first-order chi connectivity index (χ1) is 6.29. The molecule has 1 aromatic rings. The molecule has 3 heteroatoms. The number of hydrogen-bond donors (Lipinski definition) is 1. The van der Waals surface area contributed by atoms with E-state index in [-0.39, 0.29) is 6.03 Å². The molecular weight excluding hydrogens is 164 g/mol. The van der Waals surface area contributed by atoms with Crippen LogP contribution >= 0.6 is 0 Å². The van der Waals surface area contributed by atoms with E-state index in [1.807, 2.05) is 30.3 Å². The van der Waals surface area contributed by atoms with E-state index in [1.54, 1.807) is 18.1 Å². The molecular formula is C10H10N2O. The molecule has 1 N–H and O–H groups in total. The molecule has 0 bridgehead atoms. The Morgan fingerprint density at radius 2 is 2.08 bits per heavy atom. The summed E-state index contributed by atoms with van der Waals surface area (Å²) in [5, 5.41) is 2.65. The number of anilines is 1. The van der Waals surface area contributed by atoms with E-state index in [2.05, 4.69) is 5.32 Å². The fourth-order valence-electron chi connectivity index (χ4n) is 1.34. The highest BCUT2D eigenvalue weighted by molar-refractivity contribution is 5.96. The topological polar surface area (TPSA) is 32.3 Å². The van der Waals surface area contributed by atoms with Crippen LogP contribution in [0.25, 0.3) is 6.08 Å². The van der Waals surface area contributed by atoms with Crippen LogP contribution in [0, 0.1) is 0 Å². The highest BCUT2D eigenvalue weighted by Crippen LogP contribution is 2.21. The zero-order valence-electron chi connectivity index (χ0n) is 7.32. The van der Waals surface area contributed by atoms with Crippen molar-refractivity contribution >= 4 is 17.8 Å². The molecule has 0 aliphatic carbocycles. The Morgan fingerprint density at radius 1 is 1.31 bits per heavy atom. The SMILES string of the molecule is CN1C(=O)NC=Cc2ccccc21. The van der Waals surface area contributed by atoms with Crippen molar-refractivity contribution in [2.45, 2.75) is 0 Å². The molecule has 0 radical (unpaired) electrons. The summed E-state index contributed by atoms with van der Waals surface area (Å²) >= 11 is 0. The monoisotopic (exact) mass is 174 g/mol. The summed E-state index contributed by atoms with van der Waals surface area (Å²) in [4.78, 5) is 12.9. The van der Waals surface area contributed by atoms with Crippen molar-refractivity contribution in [2.24, 2.45) is 0 Å². The maximum absolute atomic E-state index is 11.3. The molecule has 2 rings (SSSR count). The van der Waals surface area contributed by atoms with Crippen molar-refractivity contribution in [3.05, 3.63) is 36.0 Å². The maximum Gasteiger partial charge on any atom is 0.325 e. The van der Waals surface area contributed by atoms with Gasteiger partial charge in [-0.05, 0) is 17.7 Å². The molecule has 1 aliphatic rings. The third-order valence-corrected chi connectivity index (χ3v) is 2.07. The van der Waals surface area contributed by atoms with Gasteiger partial charge in [-0.3, -0.25) is 4.90 Å². The first-order valence-corrected chi connectivity index (χ1v) is 4.09. The molecule has 2 amide bonds. The summed E-state index contributed by atoms with van der Waals surface area (Å²) in [5.74, 6) is 0. The van der Waals surface area contributed by atoms with Gasteiger partial charge in [0, 0.05) is 13.2 Å².